The van der Waals surface area contributed by atoms with Crippen LogP contribution in [0.25, 0.3) is 5.69 Å². The first kappa shape index (κ1) is 26.8. The van der Waals surface area contributed by atoms with Crippen LogP contribution in [0, 0.1) is 6.92 Å². The van der Waals surface area contributed by atoms with Crippen molar-refractivity contribution in [2.24, 2.45) is 0 Å². The molecule has 212 valence electrons. The predicted octanol–water partition coefficient (Wildman–Crippen LogP) is 5.58. The maximum Gasteiger partial charge on any atom is 0.320 e. The molecule has 2 aromatic carbocycles. The van der Waals surface area contributed by atoms with E-state index < -0.39 is 0 Å². The van der Waals surface area contributed by atoms with Crippen LogP contribution in [0.15, 0.2) is 66.9 Å². The first-order chi connectivity index (χ1) is 20.1. The van der Waals surface area contributed by atoms with Gasteiger partial charge in [0.15, 0.2) is 0 Å². The summed E-state index contributed by atoms with van der Waals surface area (Å²) in [5.41, 5.74) is 3.94. The van der Waals surface area contributed by atoms with Crippen LogP contribution in [0.1, 0.15) is 48.4 Å². The summed E-state index contributed by atoms with van der Waals surface area (Å²) < 4.78 is 13.4. The number of urea groups is 1. The normalized spacial score (nSPS) is 15.6. The number of benzene rings is 2. The van der Waals surface area contributed by atoms with Gasteiger partial charge in [0.25, 0.3) is 0 Å². The molecule has 1 saturated carbocycles. The Bertz CT molecular complexity index is 1480. The number of rotatable bonds is 8. The Morgan fingerprint density at radius 3 is 2.63 bits per heavy atom. The number of nitrogens with zero attached hydrogens (tertiary/aromatic N) is 5. The molecule has 0 spiro atoms. The largest absolute Gasteiger partial charge is 0.439 e. The van der Waals surface area contributed by atoms with Gasteiger partial charge >= 0.3 is 6.03 Å². The molecular formula is C31H35N7O3. The van der Waals surface area contributed by atoms with Gasteiger partial charge in [0.2, 0.25) is 11.8 Å². The van der Waals surface area contributed by atoms with Crippen LogP contribution < -0.4 is 20.3 Å². The summed E-state index contributed by atoms with van der Waals surface area (Å²) in [7, 11) is 0. The minimum absolute atomic E-state index is 0.275. The van der Waals surface area contributed by atoms with Gasteiger partial charge in [-0.25, -0.2) is 14.5 Å². The van der Waals surface area contributed by atoms with Gasteiger partial charge in [-0.3, -0.25) is 5.32 Å². The zero-order valence-electron chi connectivity index (χ0n) is 23.3. The van der Waals surface area contributed by atoms with Crippen molar-refractivity contribution < 1.29 is 14.3 Å². The maximum absolute atomic E-state index is 13.1. The highest BCUT2D eigenvalue weighted by molar-refractivity contribution is 5.88. The second kappa shape index (κ2) is 12.4. The molecule has 2 aromatic heterocycles. The van der Waals surface area contributed by atoms with E-state index in [0.29, 0.717) is 42.5 Å². The minimum atomic E-state index is -0.317. The fraction of sp³-hybridized carbons (Fsp3) is 0.355. The van der Waals surface area contributed by atoms with Crippen molar-refractivity contribution in [1.82, 2.24) is 25.1 Å². The van der Waals surface area contributed by atoms with Gasteiger partial charge in [0, 0.05) is 49.4 Å². The number of morpholine rings is 1. The standard InChI is InChI=1S/C31H35N7O3/c1-22-10-12-25(13-11-22)38-28(20-26(36-38)23-6-2-3-7-23)34-31(39)33-21-24-8-4-5-9-27(24)41-29-14-15-32-30(35-29)37-16-18-40-19-17-37/h4-5,8-15,20,23H,2-3,6-7,16-19,21H2,1H3,(H2,33,34,39). The molecule has 2 N–H and O–H groups in total. The molecule has 10 heteroatoms. The first-order valence-corrected chi connectivity index (χ1v) is 14.3. The van der Waals surface area contributed by atoms with Crippen LogP contribution in [0.5, 0.6) is 11.6 Å². The molecule has 2 aliphatic rings. The molecule has 4 aromatic rings. The van der Waals surface area contributed by atoms with Crippen molar-refractivity contribution in [3.05, 3.63) is 83.7 Å². The fourth-order valence-electron chi connectivity index (χ4n) is 5.30. The van der Waals surface area contributed by atoms with Gasteiger partial charge in [-0.2, -0.15) is 10.1 Å². The van der Waals surface area contributed by atoms with Crippen LogP contribution in [0.3, 0.4) is 0 Å². The van der Waals surface area contributed by atoms with E-state index in [1.54, 1.807) is 12.3 Å². The number of carbonyl (C=O) groups is 1. The number of hydrogen-bond donors (Lipinski definition) is 2. The van der Waals surface area contributed by atoms with Gasteiger partial charge in [-0.15, -0.1) is 0 Å². The molecule has 3 heterocycles. The van der Waals surface area contributed by atoms with Crippen LogP contribution in [0.4, 0.5) is 16.6 Å². The number of ether oxygens (including phenoxy) is 2. The fourth-order valence-corrected chi connectivity index (χ4v) is 5.30. The maximum atomic E-state index is 13.1. The zero-order valence-corrected chi connectivity index (χ0v) is 23.3. The van der Waals surface area contributed by atoms with Crippen molar-refractivity contribution in [2.75, 3.05) is 36.5 Å². The third-order valence-electron chi connectivity index (χ3n) is 7.56. The number of para-hydroxylation sites is 1. The number of carbonyl (C=O) groups excluding carboxylic acids is 1. The molecule has 10 nitrogen and oxygen atoms in total. The Morgan fingerprint density at radius 1 is 1.05 bits per heavy atom. The predicted molar refractivity (Wildman–Crippen MR) is 157 cm³/mol. The molecule has 1 aliphatic heterocycles. The number of anilines is 2. The highest BCUT2D eigenvalue weighted by atomic mass is 16.5. The lowest BCUT2D eigenvalue weighted by atomic mass is 10.0. The summed E-state index contributed by atoms with van der Waals surface area (Å²) in [4.78, 5) is 24.2. The first-order valence-electron chi connectivity index (χ1n) is 14.3. The summed E-state index contributed by atoms with van der Waals surface area (Å²) in [6.07, 6.45) is 6.40. The minimum Gasteiger partial charge on any atom is -0.439 e. The second-order valence-corrected chi connectivity index (χ2v) is 10.5. The van der Waals surface area contributed by atoms with Crippen molar-refractivity contribution >= 4 is 17.8 Å². The zero-order chi connectivity index (χ0) is 28.0. The molecule has 1 aliphatic carbocycles. The van der Waals surface area contributed by atoms with E-state index in [-0.39, 0.29) is 12.6 Å². The Labute approximate surface area is 239 Å². The molecule has 6 rings (SSSR count). The number of aryl methyl sites for hydroxylation is 1. The Morgan fingerprint density at radius 2 is 1.83 bits per heavy atom. The van der Waals surface area contributed by atoms with Gasteiger partial charge < -0.3 is 19.7 Å². The molecular weight excluding hydrogens is 518 g/mol. The van der Waals surface area contributed by atoms with Crippen molar-refractivity contribution in [2.45, 2.75) is 45.1 Å². The summed E-state index contributed by atoms with van der Waals surface area (Å²) in [6, 6.07) is 19.2. The van der Waals surface area contributed by atoms with Gasteiger partial charge in [0.1, 0.15) is 11.6 Å². The van der Waals surface area contributed by atoms with Crippen molar-refractivity contribution in [3.63, 3.8) is 0 Å². The van der Waals surface area contributed by atoms with Crippen molar-refractivity contribution in [1.29, 1.82) is 0 Å². The topological polar surface area (TPSA) is 106 Å². The van der Waals surface area contributed by atoms with Crippen LogP contribution in [-0.2, 0) is 11.3 Å². The second-order valence-electron chi connectivity index (χ2n) is 10.5. The van der Waals surface area contributed by atoms with Gasteiger partial charge in [-0.05, 0) is 38.0 Å². The Kier molecular flexibility index (Phi) is 8.09. The molecule has 0 atom stereocenters. The smallest absolute Gasteiger partial charge is 0.320 e. The van der Waals surface area contributed by atoms with E-state index in [9.17, 15) is 4.79 Å². The molecule has 1 saturated heterocycles. The molecule has 0 bridgehead atoms. The lowest BCUT2D eigenvalue weighted by molar-refractivity contribution is 0.122. The van der Waals surface area contributed by atoms with Gasteiger partial charge in [-0.1, -0.05) is 48.7 Å². The Balaban J connectivity index is 1.14. The van der Waals surface area contributed by atoms with E-state index in [2.05, 4.69) is 44.6 Å². The number of aromatic nitrogens is 4. The summed E-state index contributed by atoms with van der Waals surface area (Å²) in [6.45, 7) is 5.11. The van der Waals surface area contributed by atoms with Crippen LogP contribution >= 0.6 is 0 Å². The van der Waals surface area contributed by atoms with Gasteiger partial charge in [0.05, 0.1) is 24.6 Å². The molecule has 41 heavy (non-hydrogen) atoms. The lowest BCUT2D eigenvalue weighted by Gasteiger charge is -2.26. The molecule has 2 fully saturated rings. The third kappa shape index (κ3) is 6.49. The molecule has 0 unspecified atom stereocenters. The quantitative estimate of drug-likeness (QED) is 0.293. The van der Waals surface area contributed by atoms with E-state index in [1.807, 2.05) is 47.1 Å². The van der Waals surface area contributed by atoms with Crippen molar-refractivity contribution in [3.8, 4) is 17.3 Å². The van der Waals surface area contributed by atoms with E-state index >= 15 is 0 Å². The van der Waals surface area contributed by atoms with E-state index in [1.165, 1.54) is 18.4 Å². The molecule has 0 radical (unpaired) electrons. The van der Waals surface area contributed by atoms with Crippen LogP contribution in [-0.4, -0.2) is 52.1 Å². The number of hydrogen-bond acceptors (Lipinski definition) is 7. The molecule has 2 amide bonds. The monoisotopic (exact) mass is 553 g/mol. The average molecular weight is 554 g/mol. The third-order valence-corrected chi connectivity index (χ3v) is 7.56. The average Bonchev–Trinajstić information content (AvgIpc) is 3.69. The summed E-state index contributed by atoms with van der Waals surface area (Å²) in [5, 5.41) is 10.9. The Hall–Kier alpha value is -4.44. The summed E-state index contributed by atoms with van der Waals surface area (Å²) >= 11 is 0. The highest BCUT2D eigenvalue weighted by Gasteiger charge is 2.23. The SMILES string of the molecule is Cc1ccc(-n2nc(C3CCCC3)cc2NC(=O)NCc2ccccc2Oc2ccnc(N3CCOCC3)n2)cc1. The lowest BCUT2D eigenvalue weighted by Crippen LogP contribution is -2.37. The number of amides is 2. The van der Waals surface area contributed by atoms with Crippen LogP contribution in [0.2, 0.25) is 0 Å². The highest BCUT2D eigenvalue weighted by Crippen LogP contribution is 2.35. The van der Waals surface area contributed by atoms with E-state index in [0.717, 1.165) is 42.9 Å². The summed E-state index contributed by atoms with van der Waals surface area (Å²) in [5.74, 6) is 2.75. The van der Waals surface area contributed by atoms with E-state index in [4.69, 9.17) is 14.6 Å². The number of nitrogens with one attached hydrogen (secondary N) is 2.